The molecule has 0 saturated heterocycles. The topological polar surface area (TPSA) is 38.3 Å². The summed E-state index contributed by atoms with van der Waals surface area (Å²) in [4.78, 5) is 12.3. The van der Waals surface area contributed by atoms with E-state index >= 15 is 0 Å². The number of hydrogen-bond donors (Lipinski definition) is 1. The largest absolute Gasteiger partial charge is 0.483 e. The standard InChI is InChI=1S/C21H18ClNO2/c1-15-13-17(22)11-12-20(15)25-14-21(24)23-19-10-6-5-9-18(19)16-7-3-2-4-8-16/h2-13H,14H2,1H3,(H,23,24). The molecule has 0 radical (unpaired) electrons. The summed E-state index contributed by atoms with van der Waals surface area (Å²) in [5.41, 5.74) is 3.67. The summed E-state index contributed by atoms with van der Waals surface area (Å²) in [5, 5.41) is 3.56. The average Bonchev–Trinajstić information content (AvgIpc) is 2.62. The number of carbonyl (C=O) groups excluding carboxylic acids is 1. The zero-order valence-corrected chi connectivity index (χ0v) is 14.6. The Balaban J connectivity index is 1.69. The van der Waals surface area contributed by atoms with Crippen LogP contribution in [0.5, 0.6) is 5.75 Å². The Morgan fingerprint density at radius 2 is 1.72 bits per heavy atom. The maximum Gasteiger partial charge on any atom is 0.262 e. The Morgan fingerprint density at radius 3 is 2.48 bits per heavy atom. The molecule has 126 valence electrons. The minimum atomic E-state index is -0.210. The molecule has 3 aromatic carbocycles. The molecule has 3 rings (SSSR count). The molecular weight excluding hydrogens is 334 g/mol. The predicted octanol–water partition coefficient (Wildman–Crippen LogP) is 5.33. The number of nitrogens with one attached hydrogen (secondary N) is 1. The van der Waals surface area contributed by atoms with Gasteiger partial charge in [-0.05, 0) is 42.3 Å². The van der Waals surface area contributed by atoms with Crippen molar-refractivity contribution < 1.29 is 9.53 Å². The highest BCUT2D eigenvalue weighted by molar-refractivity contribution is 6.30. The van der Waals surface area contributed by atoms with Crippen molar-refractivity contribution in [3.8, 4) is 16.9 Å². The summed E-state index contributed by atoms with van der Waals surface area (Å²) in [6.07, 6.45) is 0. The van der Waals surface area contributed by atoms with E-state index in [0.29, 0.717) is 10.8 Å². The average molecular weight is 352 g/mol. The number of para-hydroxylation sites is 1. The maximum atomic E-state index is 12.3. The smallest absolute Gasteiger partial charge is 0.262 e. The first-order chi connectivity index (χ1) is 12.1. The lowest BCUT2D eigenvalue weighted by Crippen LogP contribution is -2.20. The highest BCUT2D eigenvalue weighted by Gasteiger charge is 2.09. The first-order valence-corrected chi connectivity index (χ1v) is 8.34. The molecule has 0 spiro atoms. The van der Waals surface area contributed by atoms with Gasteiger partial charge in [-0.15, -0.1) is 0 Å². The molecule has 0 aromatic heterocycles. The Labute approximate surface area is 152 Å². The molecule has 4 heteroatoms. The van der Waals surface area contributed by atoms with Crippen molar-refractivity contribution >= 4 is 23.2 Å². The molecule has 0 unspecified atom stereocenters. The number of halogens is 1. The van der Waals surface area contributed by atoms with Crippen molar-refractivity contribution in [1.29, 1.82) is 0 Å². The van der Waals surface area contributed by atoms with Crippen LogP contribution in [0.1, 0.15) is 5.56 Å². The fourth-order valence-electron chi connectivity index (χ4n) is 2.57. The summed E-state index contributed by atoms with van der Waals surface area (Å²) < 4.78 is 5.60. The van der Waals surface area contributed by atoms with Crippen LogP contribution in [-0.4, -0.2) is 12.5 Å². The van der Waals surface area contributed by atoms with Crippen molar-refractivity contribution in [1.82, 2.24) is 0 Å². The molecule has 0 bridgehead atoms. The summed E-state index contributed by atoms with van der Waals surface area (Å²) in [6, 6.07) is 23.0. The fourth-order valence-corrected chi connectivity index (χ4v) is 2.79. The second-order valence-electron chi connectivity index (χ2n) is 5.66. The van der Waals surface area contributed by atoms with Crippen LogP contribution in [0.3, 0.4) is 0 Å². The lowest BCUT2D eigenvalue weighted by Gasteiger charge is -2.13. The van der Waals surface area contributed by atoms with Gasteiger partial charge in [-0.25, -0.2) is 0 Å². The molecule has 1 amide bonds. The van der Waals surface area contributed by atoms with Gasteiger partial charge in [-0.2, -0.15) is 0 Å². The number of ether oxygens (including phenoxy) is 1. The fraction of sp³-hybridized carbons (Fsp3) is 0.0952. The highest BCUT2D eigenvalue weighted by Crippen LogP contribution is 2.27. The number of carbonyl (C=O) groups is 1. The van der Waals surface area contributed by atoms with Crippen molar-refractivity contribution in [3.05, 3.63) is 83.4 Å². The van der Waals surface area contributed by atoms with Gasteiger partial charge in [0.25, 0.3) is 5.91 Å². The summed E-state index contributed by atoms with van der Waals surface area (Å²) in [6.45, 7) is 1.83. The third kappa shape index (κ3) is 4.40. The van der Waals surface area contributed by atoms with Gasteiger partial charge in [0.15, 0.2) is 6.61 Å². The van der Waals surface area contributed by atoms with E-state index in [1.54, 1.807) is 18.2 Å². The van der Waals surface area contributed by atoms with Gasteiger partial charge in [0.2, 0.25) is 0 Å². The molecule has 0 aliphatic heterocycles. The molecule has 3 aromatic rings. The molecule has 0 aliphatic carbocycles. The molecule has 0 heterocycles. The second kappa shape index (κ2) is 7.86. The molecule has 3 nitrogen and oxygen atoms in total. The van der Waals surface area contributed by atoms with Crippen LogP contribution in [-0.2, 0) is 4.79 Å². The van der Waals surface area contributed by atoms with E-state index in [1.807, 2.05) is 61.5 Å². The minimum absolute atomic E-state index is 0.0639. The van der Waals surface area contributed by atoms with Crippen molar-refractivity contribution in [2.75, 3.05) is 11.9 Å². The van der Waals surface area contributed by atoms with E-state index in [9.17, 15) is 4.79 Å². The number of benzene rings is 3. The second-order valence-corrected chi connectivity index (χ2v) is 6.09. The first kappa shape index (κ1) is 17.1. The van der Waals surface area contributed by atoms with E-state index < -0.39 is 0 Å². The van der Waals surface area contributed by atoms with Gasteiger partial charge in [-0.3, -0.25) is 4.79 Å². The van der Waals surface area contributed by atoms with Crippen LogP contribution in [0.25, 0.3) is 11.1 Å². The molecule has 1 N–H and O–H groups in total. The highest BCUT2D eigenvalue weighted by atomic mass is 35.5. The summed E-state index contributed by atoms with van der Waals surface area (Å²) in [5.74, 6) is 0.439. The number of rotatable bonds is 5. The Hall–Kier alpha value is -2.78. The first-order valence-electron chi connectivity index (χ1n) is 7.97. The number of hydrogen-bond acceptors (Lipinski definition) is 2. The van der Waals surface area contributed by atoms with Crippen LogP contribution in [0.4, 0.5) is 5.69 Å². The van der Waals surface area contributed by atoms with Crippen LogP contribution in [0.15, 0.2) is 72.8 Å². The van der Waals surface area contributed by atoms with E-state index in [-0.39, 0.29) is 12.5 Å². The zero-order chi connectivity index (χ0) is 17.6. The predicted molar refractivity (Wildman–Crippen MR) is 102 cm³/mol. The molecule has 0 aliphatic rings. The van der Waals surface area contributed by atoms with Crippen molar-refractivity contribution in [3.63, 3.8) is 0 Å². The molecule has 0 atom stereocenters. The molecule has 0 saturated carbocycles. The van der Waals surface area contributed by atoms with Crippen molar-refractivity contribution in [2.24, 2.45) is 0 Å². The quantitative estimate of drug-likeness (QED) is 0.674. The summed E-state index contributed by atoms with van der Waals surface area (Å²) in [7, 11) is 0. The van der Waals surface area contributed by atoms with Gasteiger partial charge < -0.3 is 10.1 Å². The SMILES string of the molecule is Cc1cc(Cl)ccc1OCC(=O)Nc1ccccc1-c1ccccc1. The van der Waals surface area contributed by atoms with Gasteiger partial charge in [0.1, 0.15) is 5.75 Å². The normalized spacial score (nSPS) is 10.3. The van der Waals surface area contributed by atoms with Crippen LogP contribution >= 0.6 is 11.6 Å². The van der Waals surface area contributed by atoms with E-state index in [1.165, 1.54) is 0 Å². The van der Waals surface area contributed by atoms with E-state index in [2.05, 4.69) is 5.32 Å². The Morgan fingerprint density at radius 1 is 1.00 bits per heavy atom. The number of anilines is 1. The third-order valence-corrected chi connectivity index (χ3v) is 4.02. The van der Waals surface area contributed by atoms with Crippen molar-refractivity contribution in [2.45, 2.75) is 6.92 Å². The van der Waals surface area contributed by atoms with Crippen LogP contribution in [0, 0.1) is 6.92 Å². The van der Waals surface area contributed by atoms with Gasteiger partial charge in [-0.1, -0.05) is 60.1 Å². The molecule has 0 fully saturated rings. The monoisotopic (exact) mass is 351 g/mol. The number of amides is 1. The van der Waals surface area contributed by atoms with Gasteiger partial charge >= 0.3 is 0 Å². The Kier molecular flexibility index (Phi) is 5.36. The molecule has 25 heavy (non-hydrogen) atoms. The lowest BCUT2D eigenvalue weighted by molar-refractivity contribution is -0.118. The van der Waals surface area contributed by atoms with Crippen LogP contribution in [0.2, 0.25) is 5.02 Å². The van der Waals surface area contributed by atoms with E-state index in [4.69, 9.17) is 16.3 Å². The number of aryl methyl sites for hydroxylation is 1. The summed E-state index contributed by atoms with van der Waals surface area (Å²) >= 11 is 5.93. The minimum Gasteiger partial charge on any atom is -0.483 e. The maximum absolute atomic E-state index is 12.3. The van der Waals surface area contributed by atoms with E-state index in [0.717, 1.165) is 22.4 Å². The molecular formula is C21H18ClNO2. The van der Waals surface area contributed by atoms with Crippen LogP contribution < -0.4 is 10.1 Å². The lowest BCUT2D eigenvalue weighted by atomic mass is 10.0. The van der Waals surface area contributed by atoms with Gasteiger partial charge in [0, 0.05) is 16.3 Å². The Bertz CT molecular complexity index is 878. The van der Waals surface area contributed by atoms with Gasteiger partial charge in [0.05, 0.1) is 0 Å². The zero-order valence-electron chi connectivity index (χ0n) is 13.8. The third-order valence-electron chi connectivity index (χ3n) is 3.78.